The number of benzene rings is 2. The van der Waals surface area contributed by atoms with E-state index in [0.717, 1.165) is 16.7 Å². The second-order valence-electron chi connectivity index (χ2n) is 6.24. The number of nitrogens with zero attached hydrogens (tertiary/aromatic N) is 2. The number of aromatic nitrogens is 2. The maximum absolute atomic E-state index is 11.8. The third kappa shape index (κ3) is 3.26. The molecule has 5 nitrogen and oxygen atoms in total. The second-order valence-corrected chi connectivity index (χ2v) is 6.24. The Hall–Kier alpha value is -3.08. The Bertz CT molecular complexity index is 958. The molecule has 0 spiro atoms. The summed E-state index contributed by atoms with van der Waals surface area (Å²) in [6.45, 7) is 6.11. The van der Waals surface area contributed by atoms with E-state index in [1.165, 1.54) is 0 Å². The number of hydrogen-bond donors (Lipinski definition) is 2. The molecular weight excluding hydrogens is 316 g/mol. The van der Waals surface area contributed by atoms with Crippen molar-refractivity contribution < 1.29 is 15.0 Å². The van der Waals surface area contributed by atoms with Gasteiger partial charge in [0.15, 0.2) is 5.69 Å². The van der Waals surface area contributed by atoms with Crippen LogP contribution in [-0.2, 0) is 6.54 Å². The Labute approximate surface area is 146 Å². The molecule has 0 saturated carbocycles. The van der Waals surface area contributed by atoms with Gasteiger partial charge in [0, 0.05) is 5.56 Å². The van der Waals surface area contributed by atoms with Crippen LogP contribution in [0.1, 0.15) is 32.9 Å². The Kier molecular flexibility index (Phi) is 4.31. The zero-order chi connectivity index (χ0) is 18.1. The Morgan fingerprint density at radius 1 is 1.12 bits per heavy atom. The molecule has 0 aliphatic heterocycles. The molecule has 1 aromatic heterocycles. The van der Waals surface area contributed by atoms with E-state index >= 15 is 0 Å². The minimum absolute atomic E-state index is 0.119. The van der Waals surface area contributed by atoms with Crippen LogP contribution in [0.15, 0.2) is 42.5 Å². The molecule has 0 atom stereocenters. The fourth-order valence-electron chi connectivity index (χ4n) is 3.00. The van der Waals surface area contributed by atoms with Gasteiger partial charge in [0.05, 0.1) is 12.2 Å². The highest BCUT2D eigenvalue weighted by Gasteiger charge is 2.21. The molecule has 0 saturated heterocycles. The highest BCUT2D eigenvalue weighted by atomic mass is 16.4. The summed E-state index contributed by atoms with van der Waals surface area (Å²) in [6, 6.07) is 12.8. The molecule has 2 aromatic carbocycles. The van der Waals surface area contributed by atoms with E-state index in [2.05, 4.69) is 11.1 Å². The quantitative estimate of drug-likeness (QED) is 0.757. The average molecular weight is 336 g/mol. The van der Waals surface area contributed by atoms with E-state index in [-0.39, 0.29) is 11.4 Å². The normalized spacial score (nSPS) is 10.8. The lowest BCUT2D eigenvalue weighted by molar-refractivity contribution is 0.0685. The van der Waals surface area contributed by atoms with Crippen LogP contribution in [-0.4, -0.2) is 25.7 Å². The van der Waals surface area contributed by atoms with Gasteiger partial charge in [0.2, 0.25) is 0 Å². The first-order valence-corrected chi connectivity index (χ1v) is 8.02. The summed E-state index contributed by atoms with van der Waals surface area (Å²) in [6.07, 6.45) is 0. The number of imidazole rings is 1. The third-order valence-corrected chi connectivity index (χ3v) is 4.28. The SMILES string of the molecule is Cc1ccc(C)c(Cn2c(-c3cccc(O)c3)nc(C)c2C(=O)O)c1. The number of rotatable bonds is 4. The zero-order valence-electron chi connectivity index (χ0n) is 14.4. The summed E-state index contributed by atoms with van der Waals surface area (Å²) in [5.74, 6) is -0.360. The highest BCUT2D eigenvalue weighted by molar-refractivity contribution is 5.88. The Morgan fingerprint density at radius 2 is 1.88 bits per heavy atom. The summed E-state index contributed by atoms with van der Waals surface area (Å²) < 4.78 is 1.70. The van der Waals surface area contributed by atoms with Crippen LogP contribution in [0.25, 0.3) is 11.4 Å². The smallest absolute Gasteiger partial charge is 0.354 e. The molecule has 128 valence electrons. The molecule has 3 rings (SSSR count). The van der Waals surface area contributed by atoms with Gasteiger partial charge in [-0.3, -0.25) is 0 Å². The van der Waals surface area contributed by atoms with E-state index in [1.54, 1.807) is 29.7 Å². The van der Waals surface area contributed by atoms with Gasteiger partial charge in [-0.05, 0) is 44.0 Å². The number of carbonyl (C=O) groups is 1. The molecule has 0 unspecified atom stereocenters. The summed E-state index contributed by atoms with van der Waals surface area (Å²) in [5.41, 5.74) is 4.56. The molecule has 0 aliphatic rings. The summed E-state index contributed by atoms with van der Waals surface area (Å²) in [5, 5.41) is 19.4. The summed E-state index contributed by atoms with van der Waals surface area (Å²) >= 11 is 0. The zero-order valence-corrected chi connectivity index (χ0v) is 14.4. The fourth-order valence-corrected chi connectivity index (χ4v) is 3.00. The van der Waals surface area contributed by atoms with Crippen LogP contribution in [0.3, 0.4) is 0 Å². The van der Waals surface area contributed by atoms with E-state index in [0.29, 0.717) is 23.6 Å². The number of aromatic hydroxyl groups is 1. The maximum Gasteiger partial charge on any atom is 0.354 e. The standard InChI is InChI=1S/C20H20N2O3/c1-12-7-8-13(2)16(9-12)11-22-18(20(24)25)14(3)21-19(22)15-5-4-6-17(23)10-15/h4-10,23H,11H2,1-3H3,(H,24,25). The molecule has 0 radical (unpaired) electrons. The van der Waals surface area contributed by atoms with Crippen molar-refractivity contribution in [3.63, 3.8) is 0 Å². The fraction of sp³-hybridized carbons (Fsp3) is 0.200. The molecule has 0 amide bonds. The van der Waals surface area contributed by atoms with Gasteiger partial charge in [-0.15, -0.1) is 0 Å². The van der Waals surface area contributed by atoms with Crippen molar-refractivity contribution in [3.05, 3.63) is 70.5 Å². The first-order chi connectivity index (χ1) is 11.9. The number of carboxylic acid groups (broad SMARTS) is 1. The topological polar surface area (TPSA) is 75.3 Å². The van der Waals surface area contributed by atoms with Crippen LogP contribution < -0.4 is 0 Å². The lowest BCUT2D eigenvalue weighted by Crippen LogP contribution is -2.12. The third-order valence-electron chi connectivity index (χ3n) is 4.28. The van der Waals surface area contributed by atoms with Gasteiger partial charge >= 0.3 is 5.97 Å². The van der Waals surface area contributed by atoms with Crippen LogP contribution in [0.4, 0.5) is 0 Å². The van der Waals surface area contributed by atoms with Gasteiger partial charge in [0.25, 0.3) is 0 Å². The van der Waals surface area contributed by atoms with Gasteiger partial charge in [0.1, 0.15) is 11.6 Å². The van der Waals surface area contributed by atoms with E-state index in [1.807, 2.05) is 32.0 Å². The number of hydrogen-bond acceptors (Lipinski definition) is 3. The second kappa shape index (κ2) is 6.43. The van der Waals surface area contributed by atoms with Crippen molar-refractivity contribution in [2.75, 3.05) is 0 Å². The average Bonchev–Trinajstić information content (AvgIpc) is 2.87. The van der Waals surface area contributed by atoms with Gasteiger partial charge < -0.3 is 14.8 Å². The van der Waals surface area contributed by atoms with E-state index < -0.39 is 5.97 Å². The lowest BCUT2D eigenvalue weighted by atomic mass is 10.1. The monoisotopic (exact) mass is 336 g/mol. The molecule has 0 fully saturated rings. The molecule has 2 N–H and O–H groups in total. The first-order valence-electron chi connectivity index (χ1n) is 8.02. The first kappa shape index (κ1) is 16.8. The number of phenolic OH excluding ortho intramolecular Hbond substituents is 1. The minimum atomic E-state index is -1.01. The van der Waals surface area contributed by atoms with Crippen LogP contribution in [0.5, 0.6) is 5.75 Å². The summed E-state index contributed by atoms with van der Waals surface area (Å²) in [7, 11) is 0. The number of phenols is 1. The minimum Gasteiger partial charge on any atom is -0.508 e. The lowest BCUT2D eigenvalue weighted by Gasteiger charge is -2.13. The summed E-state index contributed by atoms with van der Waals surface area (Å²) in [4.78, 5) is 16.2. The van der Waals surface area contributed by atoms with Crippen LogP contribution in [0.2, 0.25) is 0 Å². The van der Waals surface area contributed by atoms with Crippen molar-refractivity contribution in [1.29, 1.82) is 0 Å². The molecule has 25 heavy (non-hydrogen) atoms. The predicted octanol–water partition coefficient (Wildman–Crippen LogP) is 3.93. The van der Waals surface area contributed by atoms with Crippen molar-refractivity contribution >= 4 is 5.97 Å². The maximum atomic E-state index is 11.8. The Balaban J connectivity index is 2.19. The van der Waals surface area contributed by atoms with Gasteiger partial charge in [-0.2, -0.15) is 0 Å². The molecule has 5 heteroatoms. The van der Waals surface area contributed by atoms with E-state index in [9.17, 15) is 15.0 Å². The molecule has 1 heterocycles. The molecule has 0 aliphatic carbocycles. The largest absolute Gasteiger partial charge is 0.508 e. The molecule has 0 bridgehead atoms. The highest BCUT2D eigenvalue weighted by Crippen LogP contribution is 2.27. The van der Waals surface area contributed by atoms with Gasteiger partial charge in [-0.1, -0.05) is 35.9 Å². The molecular formula is C20H20N2O3. The van der Waals surface area contributed by atoms with Crippen LogP contribution >= 0.6 is 0 Å². The van der Waals surface area contributed by atoms with E-state index in [4.69, 9.17) is 0 Å². The number of aromatic carboxylic acids is 1. The predicted molar refractivity (Wildman–Crippen MR) is 96.0 cm³/mol. The van der Waals surface area contributed by atoms with Crippen molar-refractivity contribution in [3.8, 4) is 17.1 Å². The van der Waals surface area contributed by atoms with Crippen molar-refractivity contribution in [2.45, 2.75) is 27.3 Å². The number of carboxylic acids is 1. The van der Waals surface area contributed by atoms with Gasteiger partial charge in [-0.25, -0.2) is 9.78 Å². The van der Waals surface area contributed by atoms with Crippen molar-refractivity contribution in [1.82, 2.24) is 9.55 Å². The van der Waals surface area contributed by atoms with Crippen LogP contribution in [0, 0.1) is 20.8 Å². The number of aryl methyl sites for hydroxylation is 3. The van der Waals surface area contributed by atoms with Crippen molar-refractivity contribution in [2.24, 2.45) is 0 Å². The Morgan fingerprint density at radius 3 is 2.56 bits per heavy atom. The molecule has 3 aromatic rings.